The fourth-order valence-electron chi connectivity index (χ4n) is 3.14. The maximum absolute atomic E-state index is 13.6. The molecule has 1 aliphatic rings. The summed E-state index contributed by atoms with van der Waals surface area (Å²) in [5.41, 5.74) is 5.96. The standard InChI is InChI=1S/C18H24ClF3N6O2/c1-9(11-7-13(19)27-28-17(11)30-2)25-8-12(15(20)24)26-16(29)14(23)10-3-5-18(21,22)6-4-10/h7-10,14,24-25H,3-6,23H2,1-2H3,(H,26,29)/b12-8+,24-15?. The van der Waals surface area contributed by atoms with Gasteiger partial charge in [0.1, 0.15) is 5.70 Å². The van der Waals surface area contributed by atoms with Crippen molar-refractivity contribution in [3.05, 3.63) is 28.7 Å². The van der Waals surface area contributed by atoms with Crippen molar-refractivity contribution in [2.24, 2.45) is 11.7 Å². The summed E-state index contributed by atoms with van der Waals surface area (Å²) in [4.78, 5) is 12.4. The molecule has 2 unspecified atom stereocenters. The summed E-state index contributed by atoms with van der Waals surface area (Å²) in [6.07, 6.45) is 0.602. The van der Waals surface area contributed by atoms with Crippen LogP contribution in [-0.4, -0.2) is 41.1 Å². The van der Waals surface area contributed by atoms with E-state index in [0.29, 0.717) is 5.56 Å². The molecule has 12 heteroatoms. The van der Waals surface area contributed by atoms with E-state index in [0.717, 1.165) is 6.20 Å². The number of aromatic nitrogens is 2. The van der Waals surface area contributed by atoms with E-state index < -0.39 is 41.5 Å². The average molecular weight is 449 g/mol. The summed E-state index contributed by atoms with van der Waals surface area (Å²) in [5.74, 6) is -5.14. The van der Waals surface area contributed by atoms with E-state index in [-0.39, 0.29) is 36.7 Å². The number of amides is 1. The highest BCUT2D eigenvalue weighted by Gasteiger charge is 2.38. The summed E-state index contributed by atoms with van der Waals surface area (Å²) in [5, 5.41) is 19.9. The van der Waals surface area contributed by atoms with Crippen LogP contribution in [0.25, 0.3) is 0 Å². The Kier molecular flexibility index (Phi) is 8.02. The number of alkyl halides is 2. The Bertz CT molecular complexity index is 813. The highest BCUT2D eigenvalue weighted by molar-refractivity contribution is 6.29. The molecule has 0 aromatic carbocycles. The lowest BCUT2D eigenvalue weighted by molar-refractivity contribution is -0.124. The Morgan fingerprint density at radius 2 is 2.07 bits per heavy atom. The molecule has 0 aliphatic heterocycles. The predicted octanol–water partition coefficient (Wildman–Crippen LogP) is 2.85. The molecule has 1 aromatic rings. The molecular formula is C18H24ClF3N6O2. The third kappa shape index (κ3) is 6.30. The third-order valence-corrected chi connectivity index (χ3v) is 5.15. The van der Waals surface area contributed by atoms with E-state index >= 15 is 0 Å². The van der Waals surface area contributed by atoms with Gasteiger partial charge in [-0.25, -0.2) is 8.78 Å². The first-order valence-electron chi connectivity index (χ1n) is 9.26. The zero-order valence-electron chi connectivity index (χ0n) is 16.5. The molecule has 166 valence electrons. The topological polar surface area (TPSA) is 126 Å². The number of rotatable bonds is 8. The summed E-state index contributed by atoms with van der Waals surface area (Å²) in [6.45, 7) is 1.70. The van der Waals surface area contributed by atoms with Crippen LogP contribution in [0, 0.1) is 11.3 Å². The molecule has 1 fully saturated rings. The van der Waals surface area contributed by atoms with Crippen molar-refractivity contribution in [2.45, 2.75) is 50.6 Å². The van der Waals surface area contributed by atoms with Crippen molar-refractivity contribution in [3.8, 4) is 5.88 Å². The van der Waals surface area contributed by atoms with Crippen LogP contribution in [-0.2, 0) is 4.79 Å². The summed E-state index contributed by atoms with van der Waals surface area (Å²) in [7, 11) is 1.40. The highest BCUT2D eigenvalue weighted by atomic mass is 35.5. The van der Waals surface area contributed by atoms with E-state index in [1.54, 1.807) is 6.92 Å². The second-order valence-corrected chi connectivity index (χ2v) is 7.49. The number of halogens is 4. The number of allylic oxidation sites excluding steroid dienone is 1. The van der Waals surface area contributed by atoms with Crippen LogP contribution >= 0.6 is 11.6 Å². The van der Waals surface area contributed by atoms with Crippen LogP contribution in [0.2, 0.25) is 5.15 Å². The van der Waals surface area contributed by atoms with Gasteiger partial charge in [-0.1, -0.05) is 11.6 Å². The Morgan fingerprint density at radius 1 is 1.43 bits per heavy atom. The average Bonchev–Trinajstić information content (AvgIpc) is 2.69. The monoisotopic (exact) mass is 448 g/mol. The van der Waals surface area contributed by atoms with Crippen LogP contribution in [0.15, 0.2) is 18.0 Å². The molecule has 5 N–H and O–H groups in total. The van der Waals surface area contributed by atoms with Crippen LogP contribution in [0.4, 0.5) is 13.2 Å². The van der Waals surface area contributed by atoms with E-state index in [9.17, 15) is 18.0 Å². The molecule has 1 heterocycles. The number of hydrogen-bond donors (Lipinski definition) is 4. The molecule has 1 aromatic heterocycles. The molecule has 30 heavy (non-hydrogen) atoms. The maximum Gasteiger partial charge on any atom is 0.248 e. The highest BCUT2D eigenvalue weighted by Crippen LogP contribution is 2.37. The van der Waals surface area contributed by atoms with Gasteiger partial charge in [0.05, 0.1) is 19.2 Å². The minimum absolute atomic E-state index is 0.0958. The molecule has 8 nitrogen and oxygen atoms in total. The van der Waals surface area contributed by atoms with Gasteiger partial charge in [-0.05, 0) is 31.7 Å². The number of hydrogen-bond acceptors (Lipinski definition) is 7. The van der Waals surface area contributed by atoms with Crippen LogP contribution in [0.3, 0.4) is 0 Å². The fraction of sp³-hybridized carbons (Fsp3) is 0.556. The minimum Gasteiger partial charge on any atom is -0.480 e. The van der Waals surface area contributed by atoms with Gasteiger partial charge in [-0.3, -0.25) is 10.2 Å². The minimum atomic E-state index is -2.75. The van der Waals surface area contributed by atoms with Gasteiger partial charge in [0, 0.05) is 24.6 Å². The molecular weight excluding hydrogens is 425 g/mol. The first-order valence-corrected chi connectivity index (χ1v) is 9.64. The van der Waals surface area contributed by atoms with Gasteiger partial charge in [0.25, 0.3) is 0 Å². The number of carbonyl (C=O) groups is 1. The fourth-order valence-corrected chi connectivity index (χ4v) is 3.30. The van der Waals surface area contributed by atoms with Gasteiger partial charge in [-0.15, -0.1) is 10.2 Å². The lowest BCUT2D eigenvalue weighted by atomic mass is 9.82. The van der Waals surface area contributed by atoms with Gasteiger partial charge in [0.15, 0.2) is 5.15 Å². The summed E-state index contributed by atoms with van der Waals surface area (Å²) < 4.78 is 45.3. The molecule has 2 rings (SSSR count). The van der Waals surface area contributed by atoms with Gasteiger partial charge < -0.3 is 21.1 Å². The van der Waals surface area contributed by atoms with Crippen molar-refractivity contribution in [2.75, 3.05) is 7.11 Å². The summed E-state index contributed by atoms with van der Waals surface area (Å²) >= 11 is 5.84. The SMILES string of the molecule is COc1nnc(Cl)cc1C(C)N/C=C(/NC(=O)C(N)C1CCC(F)(F)CC1)C(=N)F. The lowest BCUT2D eigenvalue weighted by Crippen LogP contribution is -2.47. The molecule has 0 bridgehead atoms. The van der Waals surface area contributed by atoms with Crippen molar-refractivity contribution in [3.63, 3.8) is 0 Å². The van der Waals surface area contributed by atoms with Crippen molar-refractivity contribution < 1.29 is 22.7 Å². The third-order valence-electron chi connectivity index (χ3n) is 4.96. The second kappa shape index (κ2) is 10.1. The Balaban J connectivity index is 2.05. The van der Waals surface area contributed by atoms with E-state index in [1.165, 1.54) is 13.2 Å². The largest absolute Gasteiger partial charge is 0.480 e. The van der Waals surface area contributed by atoms with Gasteiger partial charge in [0.2, 0.25) is 23.7 Å². The number of ether oxygens (including phenoxy) is 1. The van der Waals surface area contributed by atoms with Crippen LogP contribution < -0.4 is 21.1 Å². The van der Waals surface area contributed by atoms with Crippen molar-refractivity contribution >= 4 is 23.5 Å². The molecule has 0 spiro atoms. The number of nitrogens with one attached hydrogen (secondary N) is 3. The normalized spacial score (nSPS) is 19.0. The van der Waals surface area contributed by atoms with Crippen LogP contribution in [0.5, 0.6) is 5.88 Å². The van der Waals surface area contributed by atoms with E-state index in [2.05, 4.69) is 20.8 Å². The lowest BCUT2D eigenvalue weighted by Gasteiger charge is -2.31. The Hall–Kier alpha value is -2.40. The first kappa shape index (κ1) is 23.9. The number of nitrogens with zero attached hydrogens (tertiary/aromatic N) is 2. The number of nitrogens with two attached hydrogens (primary N) is 1. The second-order valence-electron chi connectivity index (χ2n) is 7.10. The molecule has 1 aliphatic carbocycles. The van der Waals surface area contributed by atoms with E-state index in [1.807, 2.05) is 0 Å². The predicted molar refractivity (Wildman–Crippen MR) is 105 cm³/mol. The Labute approximate surface area is 176 Å². The Morgan fingerprint density at radius 3 is 2.63 bits per heavy atom. The van der Waals surface area contributed by atoms with Crippen molar-refractivity contribution in [1.29, 1.82) is 5.41 Å². The number of carbonyl (C=O) groups excluding carboxylic acids is 1. The molecule has 0 saturated heterocycles. The smallest absolute Gasteiger partial charge is 0.248 e. The van der Waals surface area contributed by atoms with Crippen molar-refractivity contribution in [1.82, 2.24) is 20.8 Å². The van der Waals surface area contributed by atoms with Gasteiger partial charge in [-0.2, -0.15) is 4.39 Å². The molecule has 1 amide bonds. The number of methoxy groups -OCH3 is 1. The maximum atomic E-state index is 13.6. The van der Waals surface area contributed by atoms with Crippen LogP contribution in [0.1, 0.15) is 44.2 Å². The zero-order valence-corrected chi connectivity index (χ0v) is 17.3. The zero-order chi connectivity index (χ0) is 22.5. The molecule has 2 atom stereocenters. The van der Waals surface area contributed by atoms with E-state index in [4.69, 9.17) is 27.5 Å². The molecule has 0 radical (unpaired) electrons. The first-order chi connectivity index (χ1) is 14.0. The summed E-state index contributed by atoms with van der Waals surface area (Å²) in [6, 6.07) is -0.0785. The quantitative estimate of drug-likeness (QED) is 0.453. The van der Waals surface area contributed by atoms with Gasteiger partial charge >= 0.3 is 0 Å². The molecule has 1 saturated carbocycles.